The molecular weight excluding hydrogens is 340 g/mol. The van der Waals surface area contributed by atoms with Gasteiger partial charge >= 0.3 is 0 Å². The summed E-state index contributed by atoms with van der Waals surface area (Å²) >= 11 is 0. The van der Waals surface area contributed by atoms with Crippen molar-refractivity contribution in [3.63, 3.8) is 0 Å². The fraction of sp³-hybridized carbons (Fsp3) is 0.100. The van der Waals surface area contributed by atoms with E-state index in [9.17, 15) is 4.79 Å². The van der Waals surface area contributed by atoms with Crippen molar-refractivity contribution in [2.45, 2.75) is 13.8 Å². The Bertz CT molecular complexity index is 1080. The van der Waals surface area contributed by atoms with E-state index in [1.807, 2.05) is 38.1 Å². The van der Waals surface area contributed by atoms with Crippen molar-refractivity contribution in [2.75, 3.05) is 5.32 Å². The lowest BCUT2D eigenvalue weighted by molar-refractivity contribution is 0.102. The summed E-state index contributed by atoms with van der Waals surface area (Å²) in [5.74, 6) is -0.303. The number of amides is 1. The quantitative estimate of drug-likeness (QED) is 0.478. The van der Waals surface area contributed by atoms with Crippen molar-refractivity contribution in [1.29, 1.82) is 0 Å². The molecule has 7 heteroatoms. The highest BCUT2D eigenvalue weighted by atomic mass is 16.1. The Morgan fingerprint density at radius 3 is 2.89 bits per heavy atom. The molecule has 136 valence electrons. The fourth-order valence-electron chi connectivity index (χ4n) is 2.72. The summed E-state index contributed by atoms with van der Waals surface area (Å²) < 4.78 is 0. The Hall–Kier alpha value is -3.74. The minimum absolute atomic E-state index is 0.303. The van der Waals surface area contributed by atoms with Crippen LogP contribution >= 0.6 is 0 Å². The molecule has 2 aromatic heterocycles. The molecule has 0 aliphatic carbocycles. The van der Waals surface area contributed by atoms with Crippen molar-refractivity contribution in [2.24, 2.45) is 10.7 Å². The fourth-order valence-corrected chi connectivity index (χ4v) is 2.72. The van der Waals surface area contributed by atoms with Gasteiger partial charge in [-0.1, -0.05) is 6.07 Å². The van der Waals surface area contributed by atoms with Crippen LogP contribution in [-0.4, -0.2) is 27.8 Å². The number of rotatable bonds is 5. The van der Waals surface area contributed by atoms with Gasteiger partial charge in [0, 0.05) is 17.8 Å². The van der Waals surface area contributed by atoms with Crippen LogP contribution in [0.25, 0.3) is 16.5 Å². The number of hydrogen-bond donors (Lipinski definition) is 3. The van der Waals surface area contributed by atoms with E-state index in [4.69, 9.17) is 5.73 Å². The number of aromatic amines is 1. The zero-order chi connectivity index (χ0) is 19.4. The number of aliphatic imine (C=N–C) groups is 1. The molecule has 3 rings (SSSR count). The summed E-state index contributed by atoms with van der Waals surface area (Å²) in [6.45, 7) is 7.23. The average Bonchev–Trinajstić information content (AvgIpc) is 3.05. The number of carbonyl (C=O) groups excluding carboxylic acids is 1. The number of nitrogens with zero attached hydrogens (tertiary/aromatic N) is 3. The van der Waals surface area contributed by atoms with E-state index in [1.165, 1.54) is 6.20 Å². The number of nitrogens with two attached hydrogens (primary N) is 1. The van der Waals surface area contributed by atoms with Crippen molar-refractivity contribution in [3.8, 4) is 0 Å². The van der Waals surface area contributed by atoms with Crippen LogP contribution in [0, 0.1) is 6.92 Å². The summed E-state index contributed by atoms with van der Waals surface area (Å²) in [6.07, 6.45) is 6.60. The molecule has 0 aliphatic heterocycles. The molecule has 0 saturated carbocycles. The van der Waals surface area contributed by atoms with Gasteiger partial charge in [0.1, 0.15) is 0 Å². The molecule has 4 N–H and O–H groups in total. The molecule has 27 heavy (non-hydrogen) atoms. The highest BCUT2D eigenvalue weighted by Crippen LogP contribution is 2.23. The lowest BCUT2D eigenvalue weighted by atomic mass is 10.0. The zero-order valence-corrected chi connectivity index (χ0v) is 15.2. The van der Waals surface area contributed by atoms with E-state index in [2.05, 4.69) is 32.2 Å². The van der Waals surface area contributed by atoms with Crippen molar-refractivity contribution >= 4 is 34.8 Å². The maximum atomic E-state index is 12.7. The Kier molecular flexibility index (Phi) is 5.12. The summed E-state index contributed by atoms with van der Waals surface area (Å²) in [5.41, 5.74) is 10.9. The van der Waals surface area contributed by atoms with E-state index in [-0.39, 0.29) is 5.91 Å². The normalized spacial score (nSPS) is 12.2. The second-order valence-electron chi connectivity index (χ2n) is 6.18. The van der Waals surface area contributed by atoms with E-state index < -0.39 is 0 Å². The molecule has 3 aromatic rings. The average molecular weight is 360 g/mol. The smallest absolute Gasteiger partial charge is 0.276 e. The van der Waals surface area contributed by atoms with Crippen molar-refractivity contribution in [3.05, 3.63) is 71.5 Å². The largest absolute Gasteiger partial charge is 0.397 e. The molecule has 2 heterocycles. The van der Waals surface area contributed by atoms with Gasteiger partial charge in [-0.15, -0.1) is 0 Å². The van der Waals surface area contributed by atoms with E-state index in [0.29, 0.717) is 17.1 Å². The highest BCUT2D eigenvalue weighted by molar-refractivity contribution is 6.11. The summed E-state index contributed by atoms with van der Waals surface area (Å²) in [6, 6.07) is 7.57. The standard InChI is InChI=1S/C20H20N6O/c1-12-6-16(11-23-9-12)24-20(27)19-17-8-14(4-5-18(17)25-26-19)13(2)7-15(21)10-22-3/h4-11H,3,21H2,1-2H3,(H,24,27)(H,25,26)/b13-7+,15-10+. The van der Waals surface area contributed by atoms with E-state index in [0.717, 1.165) is 27.6 Å². The summed E-state index contributed by atoms with van der Waals surface area (Å²) in [7, 11) is 0. The van der Waals surface area contributed by atoms with Gasteiger partial charge < -0.3 is 11.1 Å². The maximum absolute atomic E-state index is 12.7. The minimum Gasteiger partial charge on any atom is -0.397 e. The van der Waals surface area contributed by atoms with Gasteiger partial charge in [0.05, 0.1) is 23.1 Å². The highest BCUT2D eigenvalue weighted by Gasteiger charge is 2.15. The number of benzene rings is 1. The zero-order valence-electron chi connectivity index (χ0n) is 15.2. The number of anilines is 1. The van der Waals surface area contributed by atoms with Gasteiger partial charge in [-0.05, 0) is 61.5 Å². The molecule has 0 unspecified atom stereocenters. The number of H-pyrrole nitrogens is 1. The molecule has 0 aliphatic rings. The van der Waals surface area contributed by atoms with Gasteiger partial charge in [-0.2, -0.15) is 5.10 Å². The van der Waals surface area contributed by atoms with Crippen LogP contribution in [0.2, 0.25) is 0 Å². The van der Waals surface area contributed by atoms with Gasteiger partial charge in [0.15, 0.2) is 5.69 Å². The van der Waals surface area contributed by atoms with E-state index >= 15 is 0 Å². The molecule has 0 fully saturated rings. The van der Waals surface area contributed by atoms with Crippen LogP contribution in [0.15, 0.2) is 59.6 Å². The topological polar surface area (TPSA) is 109 Å². The number of aromatic nitrogens is 3. The van der Waals surface area contributed by atoms with Crippen LogP contribution in [0.3, 0.4) is 0 Å². The third kappa shape index (κ3) is 4.09. The van der Waals surface area contributed by atoms with Crippen LogP contribution in [0.5, 0.6) is 0 Å². The number of pyridine rings is 1. The van der Waals surface area contributed by atoms with Gasteiger partial charge in [-0.25, -0.2) is 0 Å². The number of fused-ring (bicyclic) bond motifs is 1. The lowest BCUT2D eigenvalue weighted by Gasteiger charge is -2.05. The monoisotopic (exact) mass is 360 g/mol. The summed E-state index contributed by atoms with van der Waals surface area (Å²) in [5, 5.41) is 10.6. The van der Waals surface area contributed by atoms with Gasteiger partial charge in [-0.3, -0.25) is 19.9 Å². The van der Waals surface area contributed by atoms with E-state index in [1.54, 1.807) is 18.5 Å². The molecule has 1 aromatic carbocycles. The molecule has 0 bridgehead atoms. The number of aryl methyl sites for hydroxylation is 1. The van der Waals surface area contributed by atoms with Gasteiger partial charge in [0.2, 0.25) is 0 Å². The van der Waals surface area contributed by atoms with Crippen LogP contribution in [0.1, 0.15) is 28.5 Å². The second kappa shape index (κ2) is 7.65. The molecular formula is C20H20N6O. The second-order valence-corrected chi connectivity index (χ2v) is 6.18. The maximum Gasteiger partial charge on any atom is 0.276 e. The first-order chi connectivity index (χ1) is 13.0. The van der Waals surface area contributed by atoms with Gasteiger partial charge in [0.25, 0.3) is 5.91 Å². The molecule has 0 saturated heterocycles. The molecule has 0 atom stereocenters. The minimum atomic E-state index is -0.303. The predicted molar refractivity (Wildman–Crippen MR) is 108 cm³/mol. The molecule has 7 nitrogen and oxygen atoms in total. The molecule has 0 spiro atoms. The van der Waals surface area contributed by atoms with Crippen molar-refractivity contribution in [1.82, 2.24) is 15.2 Å². The Balaban J connectivity index is 1.94. The Labute approximate surface area is 156 Å². The molecule has 0 radical (unpaired) electrons. The molecule has 1 amide bonds. The Morgan fingerprint density at radius 1 is 1.33 bits per heavy atom. The number of nitrogens with one attached hydrogen (secondary N) is 2. The number of allylic oxidation sites excluding steroid dienone is 2. The first kappa shape index (κ1) is 18.1. The predicted octanol–water partition coefficient (Wildman–Crippen LogP) is 3.42. The third-order valence-electron chi connectivity index (χ3n) is 3.99. The third-order valence-corrected chi connectivity index (χ3v) is 3.99. The number of hydrogen-bond acceptors (Lipinski definition) is 5. The first-order valence-electron chi connectivity index (χ1n) is 8.29. The lowest BCUT2D eigenvalue weighted by Crippen LogP contribution is -2.13. The Morgan fingerprint density at radius 2 is 2.15 bits per heavy atom. The van der Waals surface area contributed by atoms with Crippen molar-refractivity contribution < 1.29 is 4.79 Å². The van der Waals surface area contributed by atoms with Crippen LogP contribution in [0.4, 0.5) is 5.69 Å². The first-order valence-corrected chi connectivity index (χ1v) is 8.29. The number of carbonyl (C=O) groups is 1. The SMILES string of the molecule is C=N/C=C(N)\C=C(/C)c1ccc2[nH]nc(C(=O)Nc3cncc(C)c3)c2c1. The summed E-state index contributed by atoms with van der Waals surface area (Å²) in [4.78, 5) is 20.4. The van der Waals surface area contributed by atoms with Crippen LogP contribution < -0.4 is 11.1 Å². The van der Waals surface area contributed by atoms with Crippen LogP contribution in [-0.2, 0) is 0 Å².